The monoisotopic (exact) mass is 203 g/mol. The Morgan fingerprint density at radius 2 is 2.20 bits per heavy atom. The number of ether oxygens (including phenoxy) is 1. The summed E-state index contributed by atoms with van der Waals surface area (Å²) in [5.74, 6) is -0.536. The minimum atomic E-state index is -0.536. The highest BCUT2D eigenvalue weighted by atomic mass is 16.5. The van der Waals surface area contributed by atoms with Gasteiger partial charge in [0.25, 0.3) is 0 Å². The first kappa shape index (κ1) is 10.8. The first-order valence-corrected chi connectivity index (χ1v) is 4.23. The second kappa shape index (κ2) is 6.23. The molecule has 0 aromatic heterocycles. The van der Waals surface area contributed by atoms with E-state index in [4.69, 9.17) is 5.53 Å². The van der Waals surface area contributed by atoms with E-state index in [1.165, 1.54) is 6.08 Å². The number of carbonyl (C=O) groups excluding carboxylic acids is 1. The summed E-state index contributed by atoms with van der Waals surface area (Å²) in [7, 11) is 0. The van der Waals surface area contributed by atoms with Crippen LogP contribution in [0.15, 0.2) is 41.5 Å². The third kappa shape index (κ3) is 4.50. The van der Waals surface area contributed by atoms with Crippen LogP contribution in [0, 0.1) is 0 Å². The number of hydrogen-bond donors (Lipinski definition) is 0. The average molecular weight is 203 g/mol. The van der Waals surface area contributed by atoms with Gasteiger partial charge in [0, 0.05) is 11.0 Å². The summed E-state index contributed by atoms with van der Waals surface area (Å²) in [6.07, 6.45) is 2.90. The van der Waals surface area contributed by atoms with Gasteiger partial charge < -0.3 is 4.74 Å². The minimum absolute atomic E-state index is 0.283. The maximum absolute atomic E-state index is 11.0. The summed E-state index contributed by atoms with van der Waals surface area (Å²) in [5, 5.41) is 3.07. The smallest absolute Gasteiger partial charge is 0.330 e. The van der Waals surface area contributed by atoms with E-state index in [0.29, 0.717) is 0 Å². The van der Waals surface area contributed by atoms with Crippen LogP contribution >= 0.6 is 0 Å². The first-order chi connectivity index (χ1) is 7.33. The van der Waals surface area contributed by atoms with Gasteiger partial charge in [-0.3, -0.25) is 0 Å². The lowest BCUT2D eigenvalue weighted by atomic mass is 10.2. The number of carbonyl (C=O) groups is 1. The van der Waals surface area contributed by atoms with Crippen LogP contribution in [-0.4, -0.2) is 12.7 Å². The van der Waals surface area contributed by atoms with E-state index in [-0.39, 0.29) is 6.73 Å². The number of nitrogens with zero attached hydrogens (tertiary/aromatic N) is 3. The number of hydrogen-bond acceptors (Lipinski definition) is 3. The maximum atomic E-state index is 11.0. The van der Waals surface area contributed by atoms with Gasteiger partial charge in [-0.25, -0.2) is 4.79 Å². The molecule has 0 bridgehead atoms. The first-order valence-electron chi connectivity index (χ1n) is 4.23. The number of esters is 1. The normalized spacial score (nSPS) is 9.60. The molecule has 0 amide bonds. The van der Waals surface area contributed by atoms with E-state index < -0.39 is 5.97 Å². The molecule has 5 nitrogen and oxygen atoms in total. The van der Waals surface area contributed by atoms with Crippen molar-refractivity contribution in [3.8, 4) is 0 Å². The lowest BCUT2D eigenvalue weighted by molar-refractivity contribution is -0.137. The molecular weight excluding hydrogens is 194 g/mol. The zero-order valence-corrected chi connectivity index (χ0v) is 7.91. The summed E-state index contributed by atoms with van der Waals surface area (Å²) >= 11 is 0. The Kier molecular flexibility index (Phi) is 4.50. The highest BCUT2D eigenvalue weighted by molar-refractivity contribution is 5.86. The molecular formula is C10H9N3O2. The van der Waals surface area contributed by atoms with E-state index in [2.05, 4.69) is 14.8 Å². The second-order valence-electron chi connectivity index (χ2n) is 2.57. The Balaban J connectivity index is 2.44. The van der Waals surface area contributed by atoms with Crippen molar-refractivity contribution >= 4 is 12.0 Å². The molecule has 0 aliphatic heterocycles. The lowest BCUT2D eigenvalue weighted by Crippen LogP contribution is -1.99. The highest BCUT2D eigenvalue weighted by Crippen LogP contribution is 2.00. The molecule has 1 aromatic rings. The molecule has 0 saturated heterocycles. The van der Waals surface area contributed by atoms with Crippen LogP contribution in [0.2, 0.25) is 0 Å². The Morgan fingerprint density at radius 1 is 1.47 bits per heavy atom. The average Bonchev–Trinajstić information content (AvgIpc) is 2.28. The third-order valence-corrected chi connectivity index (χ3v) is 1.54. The molecule has 0 spiro atoms. The standard InChI is InChI=1S/C10H9N3O2/c11-13-12-8-15-10(14)7-6-9-4-2-1-3-5-9/h1-7H,8H2. The summed E-state index contributed by atoms with van der Waals surface area (Å²) in [6.45, 7) is -0.283. The van der Waals surface area contributed by atoms with Gasteiger partial charge in [0.15, 0.2) is 6.73 Å². The van der Waals surface area contributed by atoms with Crippen LogP contribution in [0.25, 0.3) is 16.5 Å². The summed E-state index contributed by atoms with van der Waals surface area (Å²) in [4.78, 5) is 13.4. The molecule has 0 aliphatic rings. The largest absolute Gasteiger partial charge is 0.456 e. The molecule has 0 atom stereocenters. The van der Waals surface area contributed by atoms with Crippen molar-refractivity contribution in [3.63, 3.8) is 0 Å². The number of azide groups is 1. The fraction of sp³-hybridized carbons (Fsp3) is 0.100. The van der Waals surface area contributed by atoms with Crippen molar-refractivity contribution in [1.29, 1.82) is 0 Å². The van der Waals surface area contributed by atoms with E-state index in [9.17, 15) is 4.79 Å². The van der Waals surface area contributed by atoms with Gasteiger partial charge in [-0.1, -0.05) is 35.4 Å². The van der Waals surface area contributed by atoms with Crippen molar-refractivity contribution in [1.82, 2.24) is 0 Å². The molecule has 0 saturated carbocycles. The number of rotatable bonds is 4. The highest BCUT2D eigenvalue weighted by Gasteiger charge is 1.93. The second-order valence-corrected chi connectivity index (χ2v) is 2.57. The SMILES string of the molecule is [N-]=[N+]=NCOC(=O)C=Cc1ccccc1. The molecule has 15 heavy (non-hydrogen) atoms. The predicted molar refractivity (Wildman–Crippen MR) is 55.6 cm³/mol. The molecule has 0 radical (unpaired) electrons. The molecule has 5 heteroatoms. The van der Waals surface area contributed by atoms with Crippen molar-refractivity contribution in [2.75, 3.05) is 6.73 Å². The number of benzene rings is 1. The zero-order chi connectivity index (χ0) is 10.9. The molecule has 0 N–H and O–H groups in total. The topological polar surface area (TPSA) is 75.1 Å². The van der Waals surface area contributed by atoms with Crippen LogP contribution in [0.1, 0.15) is 5.56 Å². The van der Waals surface area contributed by atoms with E-state index in [1.54, 1.807) is 6.08 Å². The predicted octanol–water partition coefficient (Wildman–Crippen LogP) is 2.51. The Hall–Kier alpha value is -2.26. The molecule has 0 aliphatic carbocycles. The van der Waals surface area contributed by atoms with Crippen LogP contribution in [0.3, 0.4) is 0 Å². The Morgan fingerprint density at radius 3 is 2.87 bits per heavy atom. The van der Waals surface area contributed by atoms with Gasteiger partial charge in [0.2, 0.25) is 0 Å². The van der Waals surface area contributed by atoms with Crippen LogP contribution in [-0.2, 0) is 9.53 Å². The van der Waals surface area contributed by atoms with Crippen LogP contribution < -0.4 is 0 Å². The molecule has 1 rings (SSSR count). The Labute approximate surface area is 86.6 Å². The lowest BCUT2D eigenvalue weighted by Gasteiger charge is -1.94. The quantitative estimate of drug-likeness (QED) is 0.248. The van der Waals surface area contributed by atoms with Gasteiger partial charge in [0.1, 0.15) is 0 Å². The third-order valence-electron chi connectivity index (χ3n) is 1.54. The molecule has 0 fully saturated rings. The van der Waals surface area contributed by atoms with E-state index in [0.717, 1.165) is 5.56 Å². The van der Waals surface area contributed by atoms with Gasteiger partial charge in [-0.15, -0.1) is 0 Å². The zero-order valence-electron chi connectivity index (χ0n) is 7.91. The fourth-order valence-electron chi connectivity index (χ4n) is 0.895. The van der Waals surface area contributed by atoms with Crippen molar-refractivity contribution in [2.45, 2.75) is 0 Å². The minimum Gasteiger partial charge on any atom is -0.456 e. The molecule has 1 aromatic carbocycles. The molecule has 0 unspecified atom stereocenters. The summed E-state index contributed by atoms with van der Waals surface area (Å²) in [6, 6.07) is 9.33. The van der Waals surface area contributed by atoms with Crippen molar-refractivity contribution in [2.24, 2.45) is 5.11 Å². The summed E-state index contributed by atoms with van der Waals surface area (Å²) < 4.78 is 4.56. The van der Waals surface area contributed by atoms with Crippen molar-refractivity contribution in [3.05, 3.63) is 52.4 Å². The fourth-order valence-corrected chi connectivity index (χ4v) is 0.895. The van der Waals surface area contributed by atoms with Crippen LogP contribution in [0.4, 0.5) is 0 Å². The van der Waals surface area contributed by atoms with Gasteiger partial charge in [-0.05, 0) is 17.2 Å². The van der Waals surface area contributed by atoms with E-state index in [1.807, 2.05) is 30.3 Å². The molecule has 0 heterocycles. The summed E-state index contributed by atoms with van der Waals surface area (Å²) in [5.41, 5.74) is 8.84. The van der Waals surface area contributed by atoms with Gasteiger partial charge >= 0.3 is 5.97 Å². The van der Waals surface area contributed by atoms with Gasteiger partial charge in [-0.2, -0.15) is 0 Å². The Bertz CT molecular complexity index is 394. The van der Waals surface area contributed by atoms with E-state index >= 15 is 0 Å². The molecule has 76 valence electrons. The van der Waals surface area contributed by atoms with Crippen molar-refractivity contribution < 1.29 is 9.53 Å². The maximum Gasteiger partial charge on any atom is 0.330 e. The van der Waals surface area contributed by atoms with Gasteiger partial charge in [0.05, 0.1) is 0 Å². The van der Waals surface area contributed by atoms with Crippen LogP contribution in [0.5, 0.6) is 0 Å².